The molecule has 0 amide bonds. The molecular weight excluding hydrogens is 190 g/mol. The first-order valence-electron chi connectivity index (χ1n) is 4.96. The predicted molar refractivity (Wildman–Crippen MR) is 57.0 cm³/mol. The van der Waals surface area contributed by atoms with Gasteiger partial charge in [0.2, 0.25) is 0 Å². The van der Waals surface area contributed by atoms with Gasteiger partial charge in [0.25, 0.3) is 0 Å². The summed E-state index contributed by atoms with van der Waals surface area (Å²) in [5, 5.41) is 20.8. The Labute approximate surface area is 89.6 Å². The molecule has 15 heavy (non-hydrogen) atoms. The van der Waals surface area contributed by atoms with Gasteiger partial charge in [-0.05, 0) is 19.4 Å². The summed E-state index contributed by atoms with van der Waals surface area (Å²) in [4.78, 5) is 3.97. The molecule has 4 nitrogen and oxygen atoms in total. The highest BCUT2D eigenvalue weighted by Gasteiger charge is 2.04. The van der Waals surface area contributed by atoms with Crippen molar-refractivity contribution in [3.8, 4) is 6.07 Å². The summed E-state index contributed by atoms with van der Waals surface area (Å²) in [6.45, 7) is 2.78. The maximum atomic E-state index is 8.81. The molecule has 0 aromatic carbocycles. The lowest BCUT2D eigenvalue weighted by Gasteiger charge is -2.12. The minimum atomic E-state index is 0.173. The highest BCUT2D eigenvalue weighted by atomic mass is 16.3. The van der Waals surface area contributed by atoms with Crippen molar-refractivity contribution in [2.45, 2.75) is 25.9 Å². The number of pyridine rings is 1. The van der Waals surface area contributed by atoms with Crippen molar-refractivity contribution >= 4 is 0 Å². The third kappa shape index (κ3) is 3.66. The van der Waals surface area contributed by atoms with E-state index in [2.05, 4.69) is 16.4 Å². The van der Waals surface area contributed by atoms with Gasteiger partial charge in [-0.15, -0.1) is 0 Å². The van der Waals surface area contributed by atoms with E-state index in [9.17, 15) is 0 Å². The largest absolute Gasteiger partial charge is 0.396 e. The molecule has 4 heteroatoms. The number of aliphatic hydroxyl groups excluding tert-OH is 1. The van der Waals surface area contributed by atoms with Gasteiger partial charge >= 0.3 is 0 Å². The molecule has 0 radical (unpaired) electrons. The summed E-state index contributed by atoms with van der Waals surface area (Å²) in [5.41, 5.74) is 1.35. The smallest absolute Gasteiger partial charge is 0.144 e. The highest BCUT2D eigenvalue weighted by molar-refractivity contribution is 5.30. The molecule has 1 atom stereocenters. The van der Waals surface area contributed by atoms with E-state index in [1.807, 2.05) is 19.1 Å². The summed E-state index contributed by atoms with van der Waals surface area (Å²) in [7, 11) is 0. The number of nitrogens with one attached hydrogen (secondary N) is 1. The molecule has 2 N–H and O–H groups in total. The summed E-state index contributed by atoms with van der Waals surface area (Å²) in [6, 6.07) is 5.98. The lowest BCUT2D eigenvalue weighted by Crippen LogP contribution is -2.26. The Kier molecular flexibility index (Phi) is 4.75. The fraction of sp³-hybridized carbons (Fsp3) is 0.455. The summed E-state index contributed by atoms with van der Waals surface area (Å²) >= 11 is 0. The molecule has 0 aliphatic heterocycles. The van der Waals surface area contributed by atoms with E-state index in [4.69, 9.17) is 10.4 Å². The number of nitrogens with zero attached hydrogens (tertiary/aromatic N) is 2. The first kappa shape index (κ1) is 11.6. The van der Waals surface area contributed by atoms with Crippen molar-refractivity contribution in [3.63, 3.8) is 0 Å². The number of aliphatic hydroxyl groups is 1. The molecule has 0 aliphatic carbocycles. The van der Waals surface area contributed by atoms with Crippen molar-refractivity contribution < 1.29 is 5.11 Å². The van der Waals surface area contributed by atoms with Gasteiger partial charge in [0, 0.05) is 31.0 Å². The zero-order valence-corrected chi connectivity index (χ0v) is 8.77. The van der Waals surface area contributed by atoms with E-state index in [0.717, 1.165) is 5.56 Å². The van der Waals surface area contributed by atoms with Crippen LogP contribution in [-0.4, -0.2) is 22.7 Å². The minimum absolute atomic E-state index is 0.173. The average molecular weight is 205 g/mol. The van der Waals surface area contributed by atoms with E-state index >= 15 is 0 Å². The molecule has 0 fully saturated rings. The van der Waals surface area contributed by atoms with Crippen LogP contribution in [0.3, 0.4) is 0 Å². The Balaban J connectivity index is 2.54. The van der Waals surface area contributed by atoms with Crippen LogP contribution in [0.4, 0.5) is 0 Å². The number of aromatic nitrogens is 1. The summed E-state index contributed by atoms with van der Waals surface area (Å²) < 4.78 is 0. The van der Waals surface area contributed by atoms with E-state index in [1.165, 1.54) is 0 Å². The number of rotatable bonds is 5. The highest BCUT2D eigenvalue weighted by Crippen LogP contribution is 2.04. The van der Waals surface area contributed by atoms with Crippen molar-refractivity contribution in [2.75, 3.05) is 6.61 Å². The Morgan fingerprint density at radius 2 is 2.47 bits per heavy atom. The Morgan fingerprint density at radius 3 is 3.13 bits per heavy atom. The van der Waals surface area contributed by atoms with Crippen molar-refractivity contribution in [1.29, 1.82) is 5.26 Å². The average Bonchev–Trinajstić information content (AvgIpc) is 2.27. The van der Waals surface area contributed by atoms with Crippen LogP contribution < -0.4 is 5.32 Å². The monoisotopic (exact) mass is 205 g/mol. The second kappa shape index (κ2) is 6.12. The molecule has 1 rings (SSSR count). The van der Waals surface area contributed by atoms with Gasteiger partial charge in [-0.1, -0.05) is 6.07 Å². The van der Waals surface area contributed by atoms with Gasteiger partial charge in [0.1, 0.15) is 11.8 Å². The second-order valence-electron chi connectivity index (χ2n) is 3.42. The zero-order valence-electron chi connectivity index (χ0n) is 8.77. The first-order chi connectivity index (χ1) is 7.27. The molecule has 1 unspecified atom stereocenters. The van der Waals surface area contributed by atoms with Gasteiger partial charge in [-0.3, -0.25) is 0 Å². The molecular formula is C11H15N3O. The van der Waals surface area contributed by atoms with E-state index in [0.29, 0.717) is 18.7 Å². The van der Waals surface area contributed by atoms with E-state index < -0.39 is 0 Å². The Hall–Kier alpha value is -1.44. The van der Waals surface area contributed by atoms with Gasteiger partial charge in [-0.25, -0.2) is 4.98 Å². The SMILES string of the molecule is CC(CCO)NCc1cccnc1C#N. The molecule has 1 heterocycles. The van der Waals surface area contributed by atoms with Gasteiger partial charge < -0.3 is 10.4 Å². The van der Waals surface area contributed by atoms with Gasteiger partial charge in [-0.2, -0.15) is 5.26 Å². The lowest BCUT2D eigenvalue weighted by atomic mass is 10.2. The lowest BCUT2D eigenvalue weighted by molar-refractivity contribution is 0.268. The molecule has 80 valence electrons. The van der Waals surface area contributed by atoms with Crippen LogP contribution in [0.2, 0.25) is 0 Å². The fourth-order valence-corrected chi connectivity index (χ4v) is 1.26. The third-order valence-electron chi connectivity index (χ3n) is 2.20. The molecule has 0 saturated carbocycles. The van der Waals surface area contributed by atoms with Crippen LogP contribution in [0.1, 0.15) is 24.6 Å². The minimum Gasteiger partial charge on any atom is -0.396 e. The number of hydrogen-bond acceptors (Lipinski definition) is 4. The molecule has 0 saturated heterocycles. The summed E-state index contributed by atoms with van der Waals surface area (Å²) in [5.74, 6) is 0. The van der Waals surface area contributed by atoms with Crippen molar-refractivity contribution in [2.24, 2.45) is 0 Å². The molecule has 1 aromatic rings. The summed E-state index contributed by atoms with van der Waals surface area (Å²) in [6.07, 6.45) is 2.32. The Bertz CT molecular complexity index is 346. The molecule has 0 bridgehead atoms. The molecule has 0 spiro atoms. The van der Waals surface area contributed by atoms with Crippen LogP contribution in [0.5, 0.6) is 0 Å². The van der Waals surface area contributed by atoms with Crippen LogP contribution in [-0.2, 0) is 6.54 Å². The third-order valence-corrected chi connectivity index (χ3v) is 2.20. The first-order valence-corrected chi connectivity index (χ1v) is 4.96. The van der Waals surface area contributed by atoms with Crippen molar-refractivity contribution in [3.05, 3.63) is 29.6 Å². The fourth-order valence-electron chi connectivity index (χ4n) is 1.26. The van der Waals surface area contributed by atoms with Crippen LogP contribution >= 0.6 is 0 Å². The van der Waals surface area contributed by atoms with E-state index in [-0.39, 0.29) is 12.6 Å². The molecule has 0 aliphatic rings. The number of nitriles is 1. The second-order valence-corrected chi connectivity index (χ2v) is 3.42. The number of hydrogen-bond donors (Lipinski definition) is 2. The van der Waals surface area contributed by atoms with Crippen LogP contribution in [0.25, 0.3) is 0 Å². The van der Waals surface area contributed by atoms with Crippen LogP contribution in [0.15, 0.2) is 18.3 Å². The van der Waals surface area contributed by atoms with E-state index in [1.54, 1.807) is 6.20 Å². The van der Waals surface area contributed by atoms with Gasteiger partial charge in [0.15, 0.2) is 0 Å². The van der Waals surface area contributed by atoms with Crippen molar-refractivity contribution in [1.82, 2.24) is 10.3 Å². The topological polar surface area (TPSA) is 68.9 Å². The normalized spacial score (nSPS) is 12.1. The maximum Gasteiger partial charge on any atom is 0.144 e. The standard InChI is InChI=1S/C11H15N3O/c1-9(4-6-15)14-8-10-3-2-5-13-11(10)7-12/h2-3,5,9,14-15H,4,6,8H2,1H3. The quantitative estimate of drug-likeness (QED) is 0.746. The Morgan fingerprint density at radius 1 is 1.67 bits per heavy atom. The predicted octanol–water partition coefficient (Wildman–Crippen LogP) is 0.814. The van der Waals surface area contributed by atoms with Crippen LogP contribution in [0, 0.1) is 11.3 Å². The molecule has 1 aromatic heterocycles. The maximum absolute atomic E-state index is 8.81. The zero-order chi connectivity index (χ0) is 11.1. The van der Waals surface area contributed by atoms with Gasteiger partial charge in [0.05, 0.1) is 0 Å².